The van der Waals surface area contributed by atoms with Crippen molar-refractivity contribution in [2.45, 2.75) is 118 Å². The molecule has 1 fully saturated rings. The number of hydrogen-bond acceptors (Lipinski definition) is 6. The maximum absolute atomic E-state index is 11.2. The molecule has 0 heterocycles. The van der Waals surface area contributed by atoms with Gasteiger partial charge in [-0.2, -0.15) is 0 Å². The zero-order valence-electron chi connectivity index (χ0n) is 30.7. The maximum atomic E-state index is 11.2. The van der Waals surface area contributed by atoms with E-state index in [9.17, 15) is 35.4 Å². The molecular formula is C36H54F6MnN2O4P-. The van der Waals surface area contributed by atoms with E-state index in [1.165, 1.54) is 0 Å². The van der Waals surface area contributed by atoms with E-state index in [1.54, 1.807) is 12.4 Å². The molecule has 2 aromatic rings. The predicted molar refractivity (Wildman–Crippen MR) is 189 cm³/mol. The maximum Gasteiger partial charge on any atom is 0 e. The minimum absolute atomic E-state index is 0. The average molecular weight is 779 g/mol. The van der Waals surface area contributed by atoms with Crippen LogP contribution < -0.4 is 9.47 Å². The van der Waals surface area contributed by atoms with Crippen molar-refractivity contribution >= 4 is 20.2 Å². The van der Waals surface area contributed by atoms with Crippen molar-refractivity contribution in [3.63, 3.8) is 0 Å². The van der Waals surface area contributed by atoms with Crippen molar-refractivity contribution in [3.8, 4) is 23.0 Å². The van der Waals surface area contributed by atoms with Crippen molar-refractivity contribution in [1.29, 1.82) is 0 Å². The zero-order valence-corrected chi connectivity index (χ0v) is 32.8. The third-order valence-electron chi connectivity index (χ3n) is 7.51. The number of benzene rings is 2. The van der Waals surface area contributed by atoms with Gasteiger partial charge in [0.2, 0.25) is 0 Å². The van der Waals surface area contributed by atoms with Gasteiger partial charge in [0, 0.05) is 51.8 Å². The van der Waals surface area contributed by atoms with Gasteiger partial charge >= 0.3 is 33.0 Å². The second kappa shape index (κ2) is 16.5. The number of ether oxygens (including phenoxy) is 2. The zero-order chi connectivity index (χ0) is 37.7. The van der Waals surface area contributed by atoms with E-state index in [1.807, 2.05) is 24.3 Å². The quantitative estimate of drug-likeness (QED) is 0.109. The standard InChI is InChI=1S/C36H54N2O4.F6P.Mn/c1-23(2)21-41-27-15-25(33(39)29(17-27)35(5,6)7)19-37-31-13-11-12-14-32(31)38-20-26-16-28(42-22-24(3)4)18-30(34(26)40)36(8,9)10;1-7(2,3,4,5)6;/h15-20,23-24,31-32,39-40H,11-14,21-22H2,1-10H3;;/q;-1;. The normalized spacial score (nSPS) is 18.8. The second-order valence-electron chi connectivity index (χ2n) is 15.7. The van der Waals surface area contributed by atoms with E-state index in [0.717, 1.165) is 48.3 Å². The fourth-order valence-electron chi connectivity index (χ4n) is 5.08. The van der Waals surface area contributed by atoms with Crippen LogP contribution >= 0.6 is 7.81 Å². The van der Waals surface area contributed by atoms with E-state index in [2.05, 4.69) is 69.2 Å². The smallest absolute Gasteiger partial charge is 0 e. The number of phenolic OH excluding ortho intramolecular Hbond substituents is 2. The third-order valence-corrected chi connectivity index (χ3v) is 7.51. The van der Waals surface area contributed by atoms with Crippen molar-refractivity contribution in [2.24, 2.45) is 21.8 Å². The Hall–Kier alpha value is -2.49. The molecule has 1 saturated carbocycles. The molecule has 2 N–H and O–H groups in total. The summed E-state index contributed by atoms with van der Waals surface area (Å²) in [5.41, 5.74) is 2.52. The number of rotatable bonds is 10. The molecule has 1 aliphatic rings. The molecule has 2 unspecified atom stereocenters. The Morgan fingerprint density at radius 1 is 0.680 bits per heavy atom. The van der Waals surface area contributed by atoms with Crippen molar-refractivity contribution in [2.75, 3.05) is 13.2 Å². The topological polar surface area (TPSA) is 83.6 Å². The Kier molecular flexibility index (Phi) is 15.0. The summed E-state index contributed by atoms with van der Waals surface area (Å²) < 4.78 is 71.3. The molecule has 3 rings (SSSR count). The summed E-state index contributed by atoms with van der Waals surface area (Å²) in [6.45, 7) is 22.2. The Labute approximate surface area is 303 Å². The van der Waals surface area contributed by atoms with Crippen LogP contribution in [0.15, 0.2) is 34.3 Å². The third kappa shape index (κ3) is 17.1. The van der Waals surface area contributed by atoms with Crippen molar-refractivity contribution < 1.29 is 61.9 Å². The number of nitrogens with zero attached hydrogens (tertiary/aromatic N) is 2. The Bertz CT molecular complexity index is 1380. The van der Waals surface area contributed by atoms with Crippen LogP contribution in [0.5, 0.6) is 23.0 Å². The summed E-state index contributed by atoms with van der Waals surface area (Å²) in [5.74, 6) is 2.78. The SMILES string of the molecule is CC(C)COc1cc(C=NC2CCCCC2N=Cc2cc(OCC(C)C)cc(C(C)(C)C)c2O)c(O)c(C(C)(C)C)c1.F[P-](F)(F)(F)(F)F.[Mn]. The first kappa shape index (κ1) is 45.5. The Morgan fingerprint density at radius 3 is 1.24 bits per heavy atom. The van der Waals surface area contributed by atoms with Gasteiger partial charge in [-0.05, 0) is 59.8 Å². The molecule has 2 aromatic carbocycles. The average Bonchev–Trinajstić information content (AvgIpc) is 2.92. The minimum Gasteiger partial charge on any atom is 0 e. The number of aliphatic imine (C=N–C) groups is 2. The van der Waals surface area contributed by atoms with E-state index >= 15 is 0 Å². The van der Waals surface area contributed by atoms with Crippen LogP contribution in [0.2, 0.25) is 0 Å². The molecule has 2 atom stereocenters. The molecule has 287 valence electrons. The van der Waals surface area contributed by atoms with E-state index in [0.29, 0.717) is 36.2 Å². The van der Waals surface area contributed by atoms with Crippen molar-refractivity contribution in [1.82, 2.24) is 0 Å². The fraction of sp³-hybridized carbons (Fsp3) is 0.611. The molecule has 50 heavy (non-hydrogen) atoms. The summed E-state index contributed by atoms with van der Waals surface area (Å²) in [6, 6.07) is 7.62. The van der Waals surface area contributed by atoms with Gasteiger partial charge < -0.3 is 19.7 Å². The van der Waals surface area contributed by atoms with Crippen LogP contribution in [0.3, 0.4) is 0 Å². The molecular weight excluding hydrogens is 724 g/mol. The molecule has 0 spiro atoms. The Morgan fingerprint density at radius 2 is 0.980 bits per heavy atom. The molecule has 14 heteroatoms. The molecule has 6 nitrogen and oxygen atoms in total. The first-order valence-corrected chi connectivity index (χ1v) is 18.7. The van der Waals surface area contributed by atoms with Crippen molar-refractivity contribution in [3.05, 3.63) is 46.5 Å². The van der Waals surface area contributed by atoms with Crippen LogP contribution in [-0.4, -0.2) is 47.9 Å². The largest absolute Gasteiger partial charge is 0 e. The number of phenols is 2. The molecule has 0 aliphatic heterocycles. The summed E-state index contributed by atoms with van der Waals surface area (Å²) in [6.07, 6.45) is 7.60. The first-order valence-electron chi connectivity index (χ1n) is 16.6. The number of hydrogen-bond donors (Lipinski definition) is 2. The summed E-state index contributed by atoms with van der Waals surface area (Å²) in [4.78, 5) is 9.94. The summed E-state index contributed by atoms with van der Waals surface area (Å²) in [5, 5.41) is 22.4. The van der Waals surface area contributed by atoms with Crippen LogP contribution in [0.4, 0.5) is 25.2 Å². The van der Waals surface area contributed by atoms with Gasteiger partial charge in [0.25, 0.3) is 0 Å². The molecule has 0 saturated heterocycles. The van der Waals surface area contributed by atoms with Gasteiger partial charge in [-0.15, -0.1) is 0 Å². The predicted octanol–water partition coefficient (Wildman–Crippen LogP) is 12.0. The second-order valence-corrected chi connectivity index (χ2v) is 17.6. The van der Waals surface area contributed by atoms with Gasteiger partial charge in [-0.3, -0.25) is 9.98 Å². The van der Waals surface area contributed by atoms with Crippen LogP contribution in [0, 0.1) is 11.8 Å². The van der Waals surface area contributed by atoms with E-state index in [-0.39, 0.29) is 51.5 Å². The molecule has 1 radical (unpaired) electrons. The van der Waals surface area contributed by atoms with Gasteiger partial charge in [0.15, 0.2) is 0 Å². The minimum atomic E-state index is -10.7. The number of aromatic hydroxyl groups is 2. The first-order chi connectivity index (χ1) is 22.0. The molecule has 1 aliphatic carbocycles. The van der Waals surface area contributed by atoms with E-state index in [4.69, 9.17) is 19.5 Å². The van der Waals surface area contributed by atoms with Gasteiger partial charge in [-0.1, -0.05) is 82.1 Å². The number of halogens is 6. The summed E-state index contributed by atoms with van der Waals surface area (Å²) >= 11 is 0. The van der Waals surface area contributed by atoms with Crippen LogP contribution in [0.1, 0.15) is 117 Å². The summed E-state index contributed by atoms with van der Waals surface area (Å²) in [7, 11) is -10.7. The fourth-order valence-corrected chi connectivity index (χ4v) is 5.08. The van der Waals surface area contributed by atoms with Crippen LogP contribution in [-0.2, 0) is 27.9 Å². The van der Waals surface area contributed by atoms with Gasteiger partial charge in [0.1, 0.15) is 23.0 Å². The molecule has 0 amide bonds. The molecule has 0 bridgehead atoms. The van der Waals surface area contributed by atoms with Gasteiger partial charge in [0.05, 0.1) is 25.3 Å². The molecule has 0 aromatic heterocycles. The monoisotopic (exact) mass is 778 g/mol. The van der Waals surface area contributed by atoms with E-state index < -0.39 is 7.81 Å². The Balaban J connectivity index is 0.00000141. The van der Waals surface area contributed by atoms with Crippen LogP contribution in [0.25, 0.3) is 0 Å². The van der Waals surface area contributed by atoms with Gasteiger partial charge in [-0.25, -0.2) is 0 Å².